The molecular formula is C13H10ClNO2. The Morgan fingerprint density at radius 2 is 1.94 bits per heavy atom. The molecular weight excluding hydrogens is 238 g/mol. The fraction of sp³-hybridized carbons (Fsp3) is 0.0769. The summed E-state index contributed by atoms with van der Waals surface area (Å²) in [5, 5.41) is 0.359. The first-order valence-electron chi connectivity index (χ1n) is 5.01. The molecule has 0 spiro atoms. The first-order valence-corrected chi connectivity index (χ1v) is 5.39. The van der Waals surface area contributed by atoms with E-state index in [4.69, 9.17) is 11.6 Å². The molecule has 0 aliphatic carbocycles. The van der Waals surface area contributed by atoms with Gasteiger partial charge in [0.05, 0.1) is 17.7 Å². The summed E-state index contributed by atoms with van der Waals surface area (Å²) in [6, 6.07) is 9.52. The molecule has 1 aromatic heterocycles. The predicted molar refractivity (Wildman–Crippen MR) is 66.0 cm³/mol. The molecule has 0 unspecified atom stereocenters. The molecule has 0 saturated heterocycles. The number of benzene rings is 1. The van der Waals surface area contributed by atoms with E-state index in [-0.39, 0.29) is 5.56 Å². The van der Waals surface area contributed by atoms with E-state index in [1.807, 2.05) is 30.3 Å². The van der Waals surface area contributed by atoms with Crippen molar-refractivity contribution in [3.63, 3.8) is 0 Å². The van der Waals surface area contributed by atoms with E-state index in [0.717, 1.165) is 11.1 Å². The van der Waals surface area contributed by atoms with Gasteiger partial charge in [0.15, 0.2) is 0 Å². The van der Waals surface area contributed by atoms with Gasteiger partial charge in [-0.3, -0.25) is 4.98 Å². The molecule has 0 amide bonds. The fourth-order valence-corrected chi connectivity index (χ4v) is 1.80. The maximum absolute atomic E-state index is 11.5. The normalized spacial score (nSPS) is 10.0. The maximum atomic E-state index is 11.5. The van der Waals surface area contributed by atoms with Crippen molar-refractivity contribution >= 4 is 17.6 Å². The number of aromatic nitrogens is 1. The standard InChI is InChI=1S/C13H10ClNO2/c1-17-13(16)11-8-15-7-10(12(11)14)9-5-3-2-4-6-9/h2-8H,1H3. The summed E-state index contributed by atoms with van der Waals surface area (Å²) >= 11 is 6.18. The molecule has 0 fully saturated rings. The summed E-state index contributed by atoms with van der Waals surface area (Å²) in [7, 11) is 1.31. The predicted octanol–water partition coefficient (Wildman–Crippen LogP) is 3.19. The van der Waals surface area contributed by atoms with E-state index >= 15 is 0 Å². The van der Waals surface area contributed by atoms with Gasteiger partial charge in [-0.05, 0) is 5.56 Å². The minimum Gasteiger partial charge on any atom is -0.465 e. The van der Waals surface area contributed by atoms with Crippen LogP contribution in [-0.4, -0.2) is 18.1 Å². The first-order chi connectivity index (χ1) is 8.24. The molecule has 17 heavy (non-hydrogen) atoms. The Bertz CT molecular complexity index is 540. The van der Waals surface area contributed by atoms with Gasteiger partial charge in [-0.1, -0.05) is 41.9 Å². The van der Waals surface area contributed by atoms with Crippen LogP contribution < -0.4 is 0 Å². The molecule has 0 radical (unpaired) electrons. The van der Waals surface area contributed by atoms with Crippen molar-refractivity contribution in [3.05, 3.63) is 53.3 Å². The zero-order valence-electron chi connectivity index (χ0n) is 9.18. The lowest BCUT2D eigenvalue weighted by Gasteiger charge is -2.07. The van der Waals surface area contributed by atoms with Gasteiger partial charge in [0.25, 0.3) is 0 Å². The lowest BCUT2D eigenvalue weighted by Crippen LogP contribution is -2.03. The second kappa shape index (κ2) is 4.97. The van der Waals surface area contributed by atoms with Crippen LogP contribution in [0.1, 0.15) is 10.4 Å². The second-order valence-corrected chi connectivity index (χ2v) is 3.78. The maximum Gasteiger partial charge on any atom is 0.340 e. The number of carbonyl (C=O) groups excluding carboxylic acids is 1. The molecule has 0 saturated carbocycles. The number of ether oxygens (including phenoxy) is 1. The smallest absolute Gasteiger partial charge is 0.340 e. The highest BCUT2D eigenvalue weighted by Crippen LogP contribution is 2.29. The van der Waals surface area contributed by atoms with E-state index in [1.54, 1.807) is 6.20 Å². The van der Waals surface area contributed by atoms with Crippen LogP contribution in [0.2, 0.25) is 5.02 Å². The Morgan fingerprint density at radius 3 is 2.59 bits per heavy atom. The fourth-order valence-electron chi connectivity index (χ4n) is 1.52. The number of hydrogen-bond acceptors (Lipinski definition) is 3. The SMILES string of the molecule is COC(=O)c1cncc(-c2ccccc2)c1Cl. The van der Waals surface area contributed by atoms with Gasteiger partial charge in [-0.15, -0.1) is 0 Å². The molecule has 2 aromatic rings. The van der Waals surface area contributed by atoms with E-state index in [0.29, 0.717) is 5.02 Å². The van der Waals surface area contributed by atoms with Crippen molar-refractivity contribution in [2.45, 2.75) is 0 Å². The zero-order chi connectivity index (χ0) is 12.3. The van der Waals surface area contributed by atoms with Gasteiger partial charge in [0.2, 0.25) is 0 Å². The lowest BCUT2D eigenvalue weighted by molar-refractivity contribution is 0.0600. The summed E-state index contributed by atoms with van der Waals surface area (Å²) < 4.78 is 4.64. The van der Waals surface area contributed by atoms with Crippen LogP contribution in [0, 0.1) is 0 Å². The van der Waals surface area contributed by atoms with E-state index < -0.39 is 5.97 Å². The van der Waals surface area contributed by atoms with Gasteiger partial charge in [0, 0.05) is 18.0 Å². The summed E-state index contributed by atoms with van der Waals surface area (Å²) in [4.78, 5) is 15.5. The molecule has 0 atom stereocenters. The number of halogens is 1. The Kier molecular flexibility index (Phi) is 3.40. The van der Waals surface area contributed by atoms with Crippen LogP contribution in [0.15, 0.2) is 42.7 Å². The van der Waals surface area contributed by atoms with E-state index in [1.165, 1.54) is 13.3 Å². The van der Waals surface area contributed by atoms with Crippen molar-refractivity contribution in [2.24, 2.45) is 0 Å². The quantitative estimate of drug-likeness (QED) is 0.765. The first kappa shape index (κ1) is 11.6. The molecule has 4 heteroatoms. The van der Waals surface area contributed by atoms with Crippen LogP contribution in [0.4, 0.5) is 0 Å². The third-order valence-corrected chi connectivity index (χ3v) is 2.78. The number of rotatable bonds is 2. The summed E-state index contributed by atoms with van der Waals surface area (Å²) in [6.07, 6.45) is 3.03. The minimum atomic E-state index is -0.486. The van der Waals surface area contributed by atoms with Gasteiger partial charge in [-0.2, -0.15) is 0 Å². The molecule has 0 aliphatic heterocycles. The van der Waals surface area contributed by atoms with Crippen molar-refractivity contribution in [2.75, 3.05) is 7.11 Å². The summed E-state index contributed by atoms with van der Waals surface area (Å²) in [5.74, 6) is -0.486. The molecule has 0 N–H and O–H groups in total. The van der Waals surface area contributed by atoms with Crippen molar-refractivity contribution < 1.29 is 9.53 Å². The highest BCUT2D eigenvalue weighted by molar-refractivity contribution is 6.36. The van der Waals surface area contributed by atoms with Crippen LogP contribution >= 0.6 is 11.6 Å². The number of methoxy groups -OCH3 is 1. The number of pyridine rings is 1. The lowest BCUT2D eigenvalue weighted by atomic mass is 10.1. The van der Waals surface area contributed by atoms with Gasteiger partial charge in [-0.25, -0.2) is 4.79 Å². The Labute approximate surface area is 104 Å². The van der Waals surface area contributed by atoms with Crippen LogP contribution in [0.5, 0.6) is 0 Å². The van der Waals surface area contributed by atoms with Gasteiger partial charge in [0.1, 0.15) is 0 Å². The Morgan fingerprint density at radius 1 is 1.24 bits per heavy atom. The number of esters is 1. The molecule has 0 bridgehead atoms. The summed E-state index contributed by atoms with van der Waals surface area (Å²) in [6.45, 7) is 0. The number of carbonyl (C=O) groups is 1. The minimum absolute atomic E-state index is 0.274. The monoisotopic (exact) mass is 247 g/mol. The third kappa shape index (κ3) is 2.29. The number of hydrogen-bond donors (Lipinski definition) is 0. The van der Waals surface area contributed by atoms with Crippen molar-refractivity contribution in [1.29, 1.82) is 0 Å². The average Bonchev–Trinajstić information content (AvgIpc) is 2.39. The topological polar surface area (TPSA) is 39.2 Å². The molecule has 2 rings (SSSR count). The summed E-state index contributed by atoms with van der Waals surface area (Å²) in [5.41, 5.74) is 1.90. The van der Waals surface area contributed by atoms with Crippen LogP contribution in [-0.2, 0) is 4.74 Å². The van der Waals surface area contributed by atoms with Gasteiger partial charge < -0.3 is 4.74 Å². The zero-order valence-corrected chi connectivity index (χ0v) is 9.94. The highest BCUT2D eigenvalue weighted by atomic mass is 35.5. The second-order valence-electron chi connectivity index (χ2n) is 3.41. The van der Waals surface area contributed by atoms with Gasteiger partial charge >= 0.3 is 5.97 Å². The highest BCUT2D eigenvalue weighted by Gasteiger charge is 2.15. The molecule has 86 valence electrons. The average molecular weight is 248 g/mol. The molecule has 1 heterocycles. The molecule has 0 aliphatic rings. The van der Waals surface area contributed by atoms with E-state index in [9.17, 15) is 4.79 Å². The Hall–Kier alpha value is -1.87. The van der Waals surface area contributed by atoms with Crippen LogP contribution in [0.3, 0.4) is 0 Å². The van der Waals surface area contributed by atoms with Crippen molar-refractivity contribution in [1.82, 2.24) is 4.98 Å². The Balaban J connectivity index is 2.54. The van der Waals surface area contributed by atoms with Crippen LogP contribution in [0.25, 0.3) is 11.1 Å². The molecule has 3 nitrogen and oxygen atoms in total. The number of nitrogens with zero attached hydrogens (tertiary/aromatic N) is 1. The largest absolute Gasteiger partial charge is 0.465 e. The third-order valence-electron chi connectivity index (χ3n) is 2.37. The molecule has 1 aromatic carbocycles. The van der Waals surface area contributed by atoms with E-state index in [2.05, 4.69) is 9.72 Å². The van der Waals surface area contributed by atoms with Crippen molar-refractivity contribution in [3.8, 4) is 11.1 Å².